The van der Waals surface area contributed by atoms with E-state index in [1.54, 1.807) is 0 Å². The first-order chi connectivity index (χ1) is 8.99. The molecule has 0 aliphatic heterocycles. The van der Waals surface area contributed by atoms with Crippen molar-refractivity contribution in [2.75, 3.05) is 0 Å². The first kappa shape index (κ1) is 12.9. The minimum absolute atomic E-state index is 0.0264. The van der Waals surface area contributed by atoms with Gasteiger partial charge in [-0.2, -0.15) is 0 Å². The van der Waals surface area contributed by atoms with Crippen LogP contribution in [0.2, 0.25) is 0 Å². The standard InChI is InChI=1S/C13H7F3O3/c14-9-4-3-8(12(15)13(9)16)10-5-1-7(19-10)2-6-11(17)18/h1-6H,(H,17,18)/b6-2+. The van der Waals surface area contributed by atoms with Crippen LogP contribution in [-0.2, 0) is 4.79 Å². The summed E-state index contributed by atoms with van der Waals surface area (Å²) in [6.07, 6.45) is 1.99. The predicted octanol–water partition coefficient (Wildman–Crippen LogP) is 3.46. The molecule has 0 saturated heterocycles. The second kappa shape index (κ2) is 5.01. The Bertz CT molecular complexity index is 659. The van der Waals surface area contributed by atoms with Crippen molar-refractivity contribution in [3.05, 3.63) is 53.6 Å². The van der Waals surface area contributed by atoms with Crippen LogP contribution >= 0.6 is 0 Å². The normalized spacial score (nSPS) is 11.1. The molecule has 0 unspecified atom stereocenters. The van der Waals surface area contributed by atoms with E-state index in [0.717, 1.165) is 24.3 Å². The Balaban J connectivity index is 2.38. The summed E-state index contributed by atoms with van der Waals surface area (Å²) in [5.41, 5.74) is -0.242. The lowest BCUT2D eigenvalue weighted by molar-refractivity contribution is -0.131. The monoisotopic (exact) mass is 268 g/mol. The van der Waals surface area contributed by atoms with Crippen molar-refractivity contribution < 1.29 is 27.5 Å². The maximum Gasteiger partial charge on any atom is 0.328 e. The van der Waals surface area contributed by atoms with Crippen molar-refractivity contribution in [2.45, 2.75) is 0 Å². The molecule has 2 aromatic rings. The van der Waals surface area contributed by atoms with E-state index in [9.17, 15) is 18.0 Å². The van der Waals surface area contributed by atoms with E-state index in [-0.39, 0.29) is 17.1 Å². The van der Waals surface area contributed by atoms with E-state index >= 15 is 0 Å². The maximum atomic E-state index is 13.5. The van der Waals surface area contributed by atoms with E-state index in [1.807, 2.05) is 0 Å². The van der Waals surface area contributed by atoms with Gasteiger partial charge >= 0.3 is 5.97 Å². The van der Waals surface area contributed by atoms with Gasteiger partial charge in [-0.3, -0.25) is 0 Å². The fourth-order valence-corrected chi connectivity index (χ4v) is 1.46. The molecular formula is C13H7F3O3. The van der Waals surface area contributed by atoms with Crippen molar-refractivity contribution in [3.63, 3.8) is 0 Å². The molecular weight excluding hydrogens is 261 g/mol. The third-order valence-corrected chi connectivity index (χ3v) is 2.32. The van der Waals surface area contributed by atoms with Gasteiger partial charge in [0.2, 0.25) is 0 Å². The molecule has 0 aliphatic rings. The summed E-state index contributed by atoms with van der Waals surface area (Å²) in [6, 6.07) is 4.53. The van der Waals surface area contributed by atoms with Crippen molar-refractivity contribution in [3.8, 4) is 11.3 Å². The fraction of sp³-hybridized carbons (Fsp3) is 0. The van der Waals surface area contributed by atoms with Gasteiger partial charge in [0.15, 0.2) is 17.5 Å². The van der Waals surface area contributed by atoms with Crippen molar-refractivity contribution in [1.82, 2.24) is 0 Å². The first-order valence-electron chi connectivity index (χ1n) is 5.13. The number of carboxylic acids is 1. The number of aliphatic carboxylic acids is 1. The average molecular weight is 268 g/mol. The van der Waals surface area contributed by atoms with Crippen LogP contribution in [0.15, 0.2) is 34.8 Å². The molecule has 0 atom stereocenters. The SMILES string of the molecule is O=C(O)/C=C/c1ccc(-c2ccc(F)c(F)c2F)o1. The predicted molar refractivity (Wildman–Crippen MR) is 60.7 cm³/mol. The maximum absolute atomic E-state index is 13.5. The summed E-state index contributed by atoms with van der Waals surface area (Å²) < 4.78 is 44.4. The van der Waals surface area contributed by atoms with Gasteiger partial charge in [-0.15, -0.1) is 0 Å². The summed E-state index contributed by atoms with van der Waals surface area (Å²) in [7, 11) is 0. The van der Waals surface area contributed by atoms with Gasteiger partial charge in [0.05, 0.1) is 5.56 Å². The van der Waals surface area contributed by atoms with Crippen molar-refractivity contribution >= 4 is 12.0 Å². The van der Waals surface area contributed by atoms with Crippen LogP contribution in [0.1, 0.15) is 5.76 Å². The molecule has 0 fully saturated rings. The number of furan rings is 1. The number of hydrogen-bond donors (Lipinski definition) is 1. The number of rotatable bonds is 3. The first-order valence-corrected chi connectivity index (χ1v) is 5.13. The second-order valence-corrected chi connectivity index (χ2v) is 3.60. The highest BCUT2D eigenvalue weighted by molar-refractivity contribution is 5.84. The van der Waals surface area contributed by atoms with Crippen LogP contribution in [0, 0.1) is 17.5 Å². The zero-order valence-electron chi connectivity index (χ0n) is 9.36. The smallest absolute Gasteiger partial charge is 0.328 e. The number of carboxylic acid groups (broad SMARTS) is 1. The molecule has 1 aromatic heterocycles. The molecule has 6 heteroatoms. The zero-order chi connectivity index (χ0) is 14.0. The number of halogens is 3. The van der Waals surface area contributed by atoms with Gasteiger partial charge in [0.25, 0.3) is 0 Å². The van der Waals surface area contributed by atoms with E-state index in [1.165, 1.54) is 12.1 Å². The summed E-state index contributed by atoms with van der Waals surface area (Å²) in [4.78, 5) is 10.3. The second-order valence-electron chi connectivity index (χ2n) is 3.60. The highest BCUT2D eigenvalue weighted by Crippen LogP contribution is 2.27. The van der Waals surface area contributed by atoms with Crippen LogP contribution < -0.4 is 0 Å². The van der Waals surface area contributed by atoms with Crippen molar-refractivity contribution in [1.29, 1.82) is 0 Å². The molecule has 0 bridgehead atoms. The summed E-state index contributed by atoms with van der Waals surface area (Å²) >= 11 is 0. The van der Waals surface area contributed by atoms with Gasteiger partial charge in [-0.25, -0.2) is 18.0 Å². The number of carbonyl (C=O) groups is 1. The topological polar surface area (TPSA) is 50.4 Å². The van der Waals surface area contributed by atoms with Crippen LogP contribution in [0.5, 0.6) is 0 Å². The molecule has 1 aromatic carbocycles. The minimum Gasteiger partial charge on any atom is -0.478 e. The van der Waals surface area contributed by atoms with Crippen LogP contribution in [0.4, 0.5) is 13.2 Å². The third-order valence-electron chi connectivity index (χ3n) is 2.32. The van der Waals surface area contributed by atoms with E-state index in [4.69, 9.17) is 9.52 Å². The van der Waals surface area contributed by atoms with E-state index < -0.39 is 23.4 Å². The Morgan fingerprint density at radius 1 is 1.11 bits per heavy atom. The lowest BCUT2D eigenvalue weighted by Crippen LogP contribution is -1.92. The van der Waals surface area contributed by atoms with Gasteiger partial charge in [-0.05, 0) is 30.3 Å². The average Bonchev–Trinajstić information content (AvgIpc) is 2.82. The number of benzene rings is 1. The molecule has 0 radical (unpaired) electrons. The Kier molecular flexibility index (Phi) is 3.41. The van der Waals surface area contributed by atoms with E-state index in [2.05, 4.69) is 0 Å². The molecule has 0 saturated carbocycles. The van der Waals surface area contributed by atoms with Crippen molar-refractivity contribution in [2.24, 2.45) is 0 Å². The van der Waals surface area contributed by atoms with Gasteiger partial charge in [-0.1, -0.05) is 0 Å². The highest BCUT2D eigenvalue weighted by Gasteiger charge is 2.16. The quantitative estimate of drug-likeness (QED) is 0.685. The summed E-state index contributed by atoms with van der Waals surface area (Å²) in [5.74, 6) is -5.28. The van der Waals surface area contributed by atoms with Crippen LogP contribution in [-0.4, -0.2) is 11.1 Å². The molecule has 1 heterocycles. The number of hydrogen-bond acceptors (Lipinski definition) is 2. The molecule has 2 rings (SSSR count). The van der Waals surface area contributed by atoms with Crippen LogP contribution in [0.3, 0.4) is 0 Å². The molecule has 98 valence electrons. The molecule has 0 spiro atoms. The molecule has 0 amide bonds. The minimum atomic E-state index is -1.59. The summed E-state index contributed by atoms with van der Waals surface area (Å²) in [6.45, 7) is 0. The Labute approximate surface area is 105 Å². The Morgan fingerprint density at radius 2 is 1.84 bits per heavy atom. The zero-order valence-corrected chi connectivity index (χ0v) is 9.36. The molecule has 19 heavy (non-hydrogen) atoms. The summed E-state index contributed by atoms with van der Waals surface area (Å²) in [5, 5.41) is 8.43. The van der Waals surface area contributed by atoms with E-state index in [0.29, 0.717) is 0 Å². The lowest BCUT2D eigenvalue weighted by atomic mass is 10.1. The van der Waals surface area contributed by atoms with Gasteiger partial charge in [0, 0.05) is 6.08 Å². The molecule has 3 nitrogen and oxygen atoms in total. The molecule has 0 aliphatic carbocycles. The largest absolute Gasteiger partial charge is 0.478 e. The Morgan fingerprint density at radius 3 is 2.53 bits per heavy atom. The lowest BCUT2D eigenvalue weighted by Gasteiger charge is -2.01. The molecule has 1 N–H and O–H groups in total. The fourth-order valence-electron chi connectivity index (χ4n) is 1.46. The highest BCUT2D eigenvalue weighted by atomic mass is 19.2. The third kappa shape index (κ3) is 2.67. The van der Waals surface area contributed by atoms with Crippen LogP contribution in [0.25, 0.3) is 17.4 Å². The van der Waals surface area contributed by atoms with Gasteiger partial charge in [0.1, 0.15) is 11.5 Å². The van der Waals surface area contributed by atoms with Gasteiger partial charge < -0.3 is 9.52 Å². The Hall–Kier alpha value is -2.50.